The highest BCUT2D eigenvalue weighted by Gasteiger charge is 2.19. The van der Waals surface area contributed by atoms with Crippen LogP contribution in [0, 0.1) is 0 Å². The van der Waals surface area contributed by atoms with Crippen LogP contribution in [0.5, 0.6) is 5.75 Å². The maximum Gasteiger partial charge on any atom is 0.240 e. The highest BCUT2D eigenvalue weighted by Crippen LogP contribution is 2.16. The van der Waals surface area contributed by atoms with E-state index in [2.05, 4.69) is 35.0 Å². The van der Waals surface area contributed by atoms with Crippen molar-refractivity contribution in [2.45, 2.75) is 44.8 Å². The molecular weight excluding hydrogens is 432 g/mol. The van der Waals surface area contributed by atoms with E-state index in [1.807, 2.05) is 48.5 Å². The molecule has 2 aromatic rings. The molecule has 2 aromatic carbocycles. The summed E-state index contributed by atoms with van der Waals surface area (Å²) in [7, 11) is 1.69. The monoisotopic (exact) mass is 468 g/mol. The highest BCUT2D eigenvalue weighted by molar-refractivity contribution is 6.04. The summed E-state index contributed by atoms with van der Waals surface area (Å²) >= 11 is 0. The van der Waals surface area contributed by atoms with Crippen LogP contribution in [0.4, 0.5) is 5.69 Å². The topological polar surface area (TPSA) is 104 Å². The molecule has 1 aliphatic heterocycles. The zero-order valence-electron chi connectivity index (χ0n) is 20.3. The number of anilines is 1. The molecule has 0 spiro atoms. The number of hydrogen-bond acceptors (Lipinski definition) is 7. The second-order valence-corrected chi connectivity index (χ2v) is 9.14. The first-order valence-electron chi connectivity index (χ1n) is 11.7. The molecule has 0 aliphatic carbocycles. The highest BCUT2D eigenvalue weighted by atomic mass is 16.5. The molecule has 1 atom stereocenters. The predicted octanol–water partition coefficient (Wildman–Crippen LogP) is 2.71. The molecule has 34 heavy (non-hydrogen) atoms. The zero-order valence-corrected chi connectivity index (χ0v) is 20.3. The third-order valence-corrected chi connectivity index (χ3v) is 5.63. The quantitative estimate of drug-likeness (QED) is 0.360. The number of carbonyl (C=O) groups excluding carboxylic acids is 1. The van der Waals surface area contributed by atoms with Gasteiger partial charge in [-0.2, -0.15) is 5.10 Å². The maximum absolute atomic E-state index is 11.2. The lowest BCUT2D eigenvalue weighted by atomic mass is 10.0. The van der Waals surface area contributed by atoms with Crippen molar-refractivity contribution in [3.63, 3.8) is 0 Å². The summed E-state index contributed by atoms with van der Waals surface area (Å²) < 4.78 is 10.8. The van der Waals surface area contributed by atoms with Crippen molar-refractivity contribution >= 4 is 17.3 Å². The number of rotatable bonds is 13. The number of aliphatic hydroxyl groups excluding tert-OH is 1. The van der Waals surface area contributed by atoms with Crippen molar-refractivity contribution < 1.29 is 19.4 Å². The lowest BCUT2D eigenvalue weighted by Crippen LogP contribution is -2.49. The van der Waals surface area contributed by atoms with Gasteiger partial charge in [-0.3, -0.25) is 4.79 Å². The Kier molecular flexibility index (Phi) is 9.44. The lowest BCUT2D eigenvalue weighted by molar-refractivity contribution is -0.121. The average Bonchev–Trinajstić information content (AvgIpc) is 2.85. The number of benzene rings is 2. The summed E-state index contributed by atoms with van der Waals surface area (Å²) in [6.45, 7) is 6.18. The van der Waals surface area contributed by atoms with E-state index in [4.69, 9.17) is 9.47 Å². The minimum Gasteiger partial charge on any atom is -0.491 e. The number of amides is 1. The summed E-state index contributed by atoms with van der Waals surface area (Å²) in [6.07, 6.45) is 1.37. The number of nitrogens with zero attached hydrogens (tertiary/aromatic N) is 1. The summed E-state index contributed by atoms with van der Waals surface area (Å²) in [5, 5.41) is 21.3. The minimum atomic E-state index is -0.622. The van der Waals surface area contributed by atoms with Crippen LogP contribution in [0.2, 0.25) is 0 Å². The first kappa shape index (κ1) is 25.7. The van der Waals surface area contributed by atoms with Crippen molar-refractivity contribution in [3.05, 3.63) is 59.7 Å². The molecule has 1 amide bonds. The number of carbonyl (C=O) groups is 1. The van der Waals surface area contributed by atoms with Gasteiger partial charge in [0.15, 0.2) is 0 Å². The van der Waals surface area contributed by atoms with Gasteiger partial charge in [0.05, 0.1) is 12.3 Å². The molecule has 1 unspecified atom stereocenters. The Morgan fingerprint density at radius 2 is 1.85 bits per heavy atom. The predicted molar refractivity (Wildman–Crippen MR) is 134 cm³/mol. The second kappa shape index (κ2) is 12.5. The van der Waals surface area contributed by atoms with E-state index in [0.717, 1.165) is 29.1 Å². The third kappa shape index (κ3) is 8.44. The van der Waals surface area contributed by atoms with E-state index in [0.29, 0.717) is 32.5 Å². The molecule has 0 bridgehead atoms. The van der Waals surface area contributed by atoms with E-state index < -0.39 is 6.10 Å². The van der Waals surface area contributed by atoms with Gasteiger partial charge in [0, 0.05) is 44.3 Å². The van der Waals surface area contributed by atoms with Crippen molar-refractivity contribution in [1.82, 2.24) is 10.7 Å². The first-order chi connectivity index (χ1) is 16.3. The van der Waals surface area contributed by atoms with Crippen molar-refractivity contribution in [1.29, 1.82) is 0 Å². The molecule has 0 saturated heterocycles. The Bertz CT molecular complexity index is 942. The number of hydrazone groups is 1. The molecular formula is C26H36N4O4. The van der Waals surface area contributed by atoms with Crippen LogP contribution in [0.3, 0.4) is 0 Å². The Balaban J connectivity index is 1.37. The van der Waals surface area contributed by atoms with Gasteiger partial charge in [0.1, 0.15) is 18.5 Å². The molecule has 4 N–H and O–H groups in total. The Hall–Kier alpha value is -2.94. The fourth-order valence-electron chi connectivity index (χ4n) is 3.47. The largest absolute Gasteiger partial charge is 0.491 e. The van der Waals surface area contributed by atoms with E-state index in [1.54, 1.807) is 7.11 Å². The Morgan fingerprint density at radius 3 is 2.50 bits per heavy atom. The van der Waals surface area contributed by atoms with Crippen LogP contribution in [-0.4, -0.2) is 61.8 Å². The molecule has 3 rings (SSSR count). The van der Waals surface area contributed by atoms with Crippen molar-refractivity contribution in [2.24, 2.45) is 5.10 Å². The molecule has 184 valence electrons. The van der Waals surface area contributed by atoms with Gasteiger partial charge in [0.25, 0.3) is 0 Å². The number of nitrogens with one attached hydrogen (secondary N) is 3. The fraction of sp³-hybridized carbons (Fsp3) is 0.462. The van der Waals surface area contributed by atoms with Gasteiger partial charge in [0.2, 0.25) is 5.91 Å². The molecule has 1 aliphatic rings. The van der Waals surface area contributed by atoms with Crippen molar-refractivity contribution in [3.8, 4) is 5.75 Å². The SMILES string of the molecule is COCCc1ccc(OCC(O)CNC(C)(C)CNc2ccc(C3=NNC(=O)CC3)cc2)cc1. The summed E-state index contributed by atoms with van der Waals surface area (Å²) in [5.41, 5.74) is 6.39. The van der Waals surface area contributed by atoms with Crippen LogP contribution in [-0.2, 0) is 16.0 Å². The van der Waals surface area contributed by atoms with E-state index >= 15 is 0 Å². The van der Waals surface area contributed by atoms with E-state index in [9.17, 15) is 9.90 Å². The Labute approximate surface area is 201 Å². The standard InChI is InChI=1S/C26H36N4O4/c1-26(2,18-27-21-8-6-20(7-9-21)24-12-13-25(32)30-29-24)28-16-22(31)17-34-23-10-4-19(5-11-23)14-15-33-3/h4-11,22,27-28,31H,12-18H2,1-3H3,(H,30,32). The van der Waals surface area contributed by atoms with Gasteiger partial charge in [-0.1, -0.05) is 24.3 Å². The van der Waals surface area contributed by atoms with Crippen LogP contribution >= 0.6 is 0 Å². The minimum absolute atomic E-state index is 0.0409. The van der Waals surface area contributed by atoms with Crippen molar-refractivity contribution in [2.75, 3.05) is 38.7 Å². The number of hydrogen-bond donors (Lipinski definition) is 4. The molecule has 1 heterocycles. The summed E-state index contributed by atoms with van der Waals surface area (Å²) in [4.78, 5) is 11.2. The van der Waals surface area contributed by atoms with Gasteiger partial charge in [-0.05, 0) is 55.7 Å². The molecule has 8 heteroatoms. The fourth-order valence-corrected chi connectivity index (χ4v) is 3.47. The second-order valence-electron chi connectivity index (χ2n) is 9.14. The normalized spacial score (nSPS) is 14.8. The summed E-state index contributed by atoms with van der Waals surface area (Å²) in [5.74, 6) is 0.701. The van der Waals surface area contributed by atoms with E-state index in [-0.39, 0.29) is 18.1 Å². The van der Waals surface area contributed by atoms with E-state index in [1.165, 1.54) is 5.56 Å². The lowest BCUT2D eigenvalue weighted by Gasteiger charge is -2.28. The number of aliphatic hydroxyl groups is 1. The summed E-state index contributed by atoms with van der Waals surface area (Å²) in [6, 6.07) is 15.9. The molecule has 0 aromatic heterocycles. The van der Waals surface area contributed by atoms with Crippen LogP contribution in [0.15, 0.2) is 53.6 Å². The average molecular weight is 469 g/mol. The molecule has 0 radical (unpaired) electrons. The Morgan fingerprint density at radius 1 is 1.12 bits per heavy atom. The molecule has 0 fully saturated rings. The van der Waals surface area contributed by atoms with Gasteiger partial charge >= 0.3 is 0 Å². The van der Waals surface area contributed by atoms with Gasteiger partial charge < -0.3 is 25.2 Å². The van der Waals surface area contributed by atoms with Gasteiger partial charge in [-0.15, -0.1) is 0 Å². The van der Waals surface area contributed by atoms with Crippen LogP contribution in [0.1, 0.15) is 37.8 Å². The zero-order chi connectivity index (χ0) is 24.4. The third-order valence-electron chi connectivity index (χ3n) is 5.63. The van der Waals surface area contributed by atoms with Crippen LogP contribution in [0.25, 0.3) is 0 Å². The maximum atomic E-state index is 11.2. The van der Waals surface area contributed by atoms with Crippen LogP contribution < -0.4 is 20.8 Å². The van der Waals surface area contributed by atoms with Gasteiger partial charge in [-0.25, -0.2) is 5.43 Å². The molecule has 8 nitrogen and oxygen atoms in total. The molecule has 0 saturated carbocycles. The first-order valence-corrected chi connectivity index (χ1v) is 11.7. The number of β-amino-alcohol motifs (C(OH)–C–C–N with tert-alkyl or cyclic N) is 1. The number of methoxy groups -OCH3 is 1. The smallest absolute Gasteiger partial charge is 0.240 e. The number of ether oxygens (including phenoxy) is 2.